The maximum atomic E-state index is 6.47. The van der Waals surface area contributed by atoms with Crippen molar-refractivity contribution in [2.75, 3.05) is 4.90 Å². The number of anilines is 3. The van der Waals surface area contributed by atoms with Crippen LogP contribution in [0.25, 0.3) is 99.5 Å². The van der Waals surface area contributed by atoms with Crippen LogP contribution in [-0.4, -0.2) is 0 Å². The second kappa shape index (κ2) is 14.8. The summed E-state index contributed by atoms with van der Waals surface area (Å²) in [5.74, 6) is 0. The minimum absolute atomic E-state index is 0.161. The van der Waals surface area contributed by atoms with E-state index in [-0.39, 0.29) is 5.41 Å². The highest BCUT2D eigenvalue weighted by atomic mass is 16.3. The number of benzene rings is 10. The summed E-state index contributed by atoms with van der Waals surface area (Å²) in [6, 6.07) is 80.9. The minimum atomic E-state index is -0.161. The SMILES string of the molecule is CC1(C)c2ccc(-c3ccc(N(c4ccc(-c5ccccc5)cc4)c4cccc(-c5cccc6oc7ccccc7c56)c4)cc3)cc2-c2ccc(-c3cccc4c3oc3ccccc34)cc21. The Morgan fingerprint density at radius 2 is 0.879 bits per heavy atom. The van der Waals surface area contributed by atoms with Crippen molar-refractivity contribution in [2.24, 2.45) is 0 Å². The number of rotatable bonds is 7. The molecule has 0 amide bonds. The van der Waals surface area contributed by atoms with Crippen molar-refractivity contribution in [3.05, 3.63) is 236 Å². The molecule has 0 bridgehead atoms. The van der Waals surface area contributed by atoms with Gasteiger partial charge in [-0.2, -0.15) is 0 Å². The van der Waals surface area contributed by atoms with E-state index in [9.17, 15) is 0 Å². The summed E-state index contributed by atoms with van der Waals surface area (Å²) in [6.07, 6.45) is 0. The number of furan rings is 2. The zero-order chi connectivity index (χ0) is 43.9. The standard InChI is InChI=1S/C63H43NO2/c1-63(2)56-36-30-43(38-55(56)51-35-29-45(39-57(51)63)50-20-11-21-53-52-17-6-8-22-58(52)66-62(50)53)42-27-33-47(34-28-42)64(46-31-25-41(26-32-46)40-13-4-3-5-14-40)48-16-10-15-44(37-48)49-19-12-24-60-61(49)54-18-7-9-23-59(54)65-60/h3-39H,1-2H3. The number of hydrogen-bond acceptors (Lipinski definition) is 3. The Hall–Kier alpha value is -8.40. The van der Waals surface area contributed by atoms with Crippen LogP contribution in [-0.2, 0) is 5.41 Å². The molecule has 0 atom stereocenters. The molecular weight excluding hydrogens is 803 g/mol. The van der Waals surface area contributed by atoms with Gasteiger partial charge >= 0.3 is 0 Å². The average molecular weight is 846 g/mol. The van der Waals surface area contributed by atoms with Crippen LogP contribution in [0.1, 0.15) is 25.0 Å². The maximum absolute atomic E-state index is 6.47. The predicted octanol–water partition coefficient (Wildman–Crippen LogP) is 17.9. The van der Waals surface area contributed by atoms with Gasteiger partial charge < -0.3 is 13.7 Å². The Morgan fingerprint density at radius 1 is 0.318 bits per heavy atom. The van der Waals surface area contributed by atoms with E-state index in [1.54, 1.807) is 0 Å². The largest absolute Gasteiger partial charge is 0.456 e. The van der Waals surface area contributed by atoms with Crippen molar-refractivity contribution in [3.8, 4) is 55.6 Å². The normalized spacial score (nSPS) is 12.8. The van der Waals surface area contributed by atoms with Gasteiger partial charge in [-0.25, -0.2) is 0 Å². The second-order valence-electron chi connectivity index (χ2n) is 18.0. The van der Waals surface area contributed by atoms with Crippen LogP contribution in [0.4, 0.5) is 17.1 Å². The van der Waals surface area contributed by atoms with Crippen LogP contribution in [0.15, 0.2) is 233 Å². The first-order valence-electron chi connectivity index (χ1n) is 22.7. The molecule has 2 heterocycles. The fourth-order valence-corrected chi connectivity index (χ4v) is 10.6. The predicted molar refractivity (Wildman–Crippen MR) is 275 cm³/mol. The van der Waals surface area contributed by atoms with Gasteiger partial charge in [0.2, 0.25) is 0 Å². The van der Waals surface area contributed by atoms with E-state index in [0.717, 1.165) is 77.6 Å². The van der Waals surface area contributed by atoms with E-state index in [0.29, 0.717) is 0 Å². The van der Waals surface area contributed by atoms with Crippen molar-refractivity contribution < 1.29 is 8.83 Å². The monoisotopic (exact) mass is 845 g/mol. The molecule has 0 saturated heterocycles. The highest BCUT2D eigenvalue weighted by Gasteiger charge is 2.36. The lowest BCUT2D eigenvalue weighted by Gasteiger charge is -2.26. The molecule has 0 N–H and O–H groups in total. The van der Waals surface area contributed by atoms with Crippen molar-refractivity contribution >= 4 is 60.9 Å². The Labute approximate surface area is 383 Å². The Kier molecular flexibility index (Phi) is 8.56. The van der Waals surface area contributed by atoms with Gasteiger partial charge in [0.15, 0.2) is 0 Å². The fourth-order valence-electron chi connectivity index (χ4n) is 10.6. The van der Waals surface area contributed by atoms with Crippen molar-refractivity contribution in [1.29, 1.82) is 0 Å². The van der Waals surface area contributed by atoms with Gasteiger partial charge in [-0.05, 0) is 128 Å². The average Bonchev–Trinajstić information content (AvgIpc) is 4.02. The Morgan fingerprint density at radius 3 is 1.67 bits per heavy atom. The second-order valence-corrected chi connectivity index (χ2v) is 18.0. The summed E-state index contributed by atoms with van der Waals surface area (Å²) >= 11 is 0. The quantitative estimate of drug-likeness (QED) is 0.160. The summed E-state index contributed by atoms with van der Waals surface area (Å²) in [4.78, 5) is 2.36. The van der Waals surface area contributed by atoms with Crippen molar-refractivity contribution in [2.45, 2.75) is 19.3 Å². The maximum Gasteiger partial charge on any atom is 0.143 e. The Bertz CT molecular complexity index is 3830. The molecule has 1 aliphatic rings. The van der Waals surface area contributed by atoms with E-state index in [1.807, 2.05) is 18.2 Å². The zero-order valence-electron chi connectivity index (χ0n) is 36.6. The Balaban J connectivity index is 0.875. The summed E-state index contributed by atoms with van der Waals surface area (Å²) in [5, 5.41) is 4.56. The van der Waals surface area contributed by atoms with Crippen LogP contribution >= 0.6 is 0 Å². The molecule has 12 aromatic rings. The van der Waals surface area contributed by atoms with Crippen LogP contribution in [0.3, 0.4) is 0 Å². The van der Waals surface area contributed by atoms with Gasteiger partial charge in [0, 0.05) is 49.6 Å². The highest BCUT2D eigenvalue weighted by molar-refractivity contribution is 6.13. The van der Waals surface area contributed by atoms with Crippen molar-refractivity contribution in [3.63, 3.8) is 0 Å². The molecule has 0 aliphatic heterocycles. The van der Waals surface area contributed by atoms with Gasteiger partial charge in [-0.15, -0.1) is 0 Å². The molecule has 2 aromatic heterocycles. The van der Waals surface area contributed by atoms with Gasteiger partial charge in [0.25, 0.3) is 0 Å². The molecule has 312 valence electrons. The molecule has 0 saturated carbocycles. The summed E-state index contributed by atoms with van der Waals surface area (Å²) in [7, 11) is 0. The van der Waals surface area contributed by atoms with E-state index in [4.69, 9.17) is 8.83 Å². The van der Waals surface area contributed by atoms with Gasteiger partial charge in [0.05, 0.1) is 0 Å². The molecule has 3 nitrogen and oxygen atoms in total. The van der Waals surface area contributed by atoms with Crippen molar-refractivity contribution in [1.82, 2.24) is 0 Å². The molecule has 1 aliphatic carbocycles. The number of fused-ring (bicyclic) bond motifs is 9. The molecule has 0 unspecified atom stereocenters. The third-order valence-electron chi connectivity index (χ3n) is 13.9. The molecule has 0 spiro atoms. The smallest absolute Gasteiger partial charge is 0.143 e. The van der Waals surface area contributed by atoms with Gasteiger partial charge in [-0.3, -0.25) is 0 Å². The molecule has 0 radical (unpaired) electrons. The van der Waals surface area contributed by atoms with Gasteiger partial charge in [-0.1, -0.05) is 172 Å². The summed E-state index contributed by atoms with van der Waals surface area (Å²) < 4.78 is 12.8. The highest BCUT2D eigenvalue weighted by Crippen LogP contribution is 2.51. The van der Waals surface area contributed by atoms with Crippen LogP contribution in [0.2, 0.25) is 0 Å². The molecule has 10 aromatic carbocycles. The van der Waals surface area contributed by atoms with Crippen LogP contribution < -0.4 is 4.90 Å². The zero-order valence-corrected chi connectivity index (χ0v) is 36.6. The molecular formula is C63H43NO2. The van der Waals surface area contributed by atoms with E-state index < -0.39 is 0 Å². The number of para-hydroxylation sites is 3. The van der Waals surface area contributed by atoms with Crippen LogP contribution in [0, 0.1) is 0 Å². The molecule has 0 fully saturated rings. The third-order valence-corrected chi connectivity index (χ3v) is 13.9. The molecule has 3 heteroatoms. The first kappa shape index (κ1) is 38.1. The third kappa shape index (κ3) is 6.04. The first-order chi connectivity index (χ1) is 32.5. The van der Waals surface area contributed by atoms with E-state index >= 15 is 0 Å². The fraction of sp³-hybridized carbons (Fsp3) is 0.0476. The van der Waals surface area contributed by atoms with E-state index in [1.165, 1.54) is 50.1 Å². The lowest BCUT2D eigenvalue weighted by atomic mass is 9.81. The first-order valence-corrected chi connectivity index (χ1v) is 22.7. The van der Waals surface area contributed by atoms with Crippen LogP contribution in [0.5, 0.6) is 0 Å². The molecule has 13 rings (SSSR count). The van der Waals surface area contributed by atoms with Gasteiger partial charge in [0.1, 0.15) is 22.3 Å². The topological polar surface area (TPSA) is 29.5 Å². The lowest BCUT2D eigenvalue weighted by molar-refractivity contribution is 0.660. The van der Waals surface area contributed by atoms with E-state index in [2.05, 4.69) is 225 Å². The number of hydrogen-bond donors (Lipinski definition) is 0. The minimum Gasteiger partial charge on any atom is -0.456 e. The summed E-state index contributed by atoms with van der Waals surface area (Å²) in [5.41, 5.74) is 21.3. The summed E-state index contributed by atoms with van der Waals surface area (Å²) in [6.45, 7) is 4.71. The number of nitrogens with zero attached hydrogens (tertiary/aromatic N) is 1. The molecule has 66 heavy (non-hydrogen) atoms. The lowest BCUT2D eigenvalue weighted by Crippen LogP contribution is -2.15.